The maximum Gasteiger partial charge on any atom is 0.327 e. The zero-order valence-corrected chi connectivity index (χ0v) is 13.0. The fourth-order valence-electron chi connectivity index (χ4n) is 3.03. The van der Waals surface area contributed by atoms with Crippen LogP contribution in [0.3, 0.4) is 0 Å². The highest BCUT2D eigenvalue weighted by atomic mass is 16.4. The van der Waals surface area contributed by atoms with Crippen LogP contribution < -0.4 is 5.32 Å². The van der Waals surface area contributed by atoms with Gasteiger partial charge in [0.2, 0.25) is 11.8 Å². The van der Waals surface area contributed by atoms with E-state index in [9.17, 15) is 24.3 Å². The molecule has 2 unspecified atom stereocenters. The molecule has 2 aliphatic rings. The van der Waals surface area contributed by atoms with Crippen molar-refractivity contribution in [3.63, 3.8) is 0 Å². The monoisotopic (exact) mass is 321 g/mol. The number of rotatable bonds is 4. The summed E-state index contributed by atoms with van der Waals surface area (Å²) in [4.78, 5) is 50.0. The molecule has 1 saturated heterocycles. The Hall–Kier alpha value is -2.64. The fourth-order valence-corrected chi connectivity index (χ4v) is 3.03. The Labute approximate surface area is 133 Å². The van der Waals surface area contributed by atoms with Crippen LogP contribution in [0.5, 0.6) is 0 Å². The first-order valence-corrected chi connectivity index (χ1v) is 7.20. The number of allylic oxidation sites excluding steroid dienone is 2. The molecule has 0 spiro atoms. The second-order valence-electron chi connectivity index (χ2n) is 5.71. The van der Waals surface area contributed by atoms with E-state index < -0.39 is 35.3 Å². The van der Waals surface area contributed by atoms with E-state index in [2.05, 4.69) is 5.32 Å². The lowest BCUT2D eigenvalue weighted by molar-refractivity contribution is -0.154. The van der Waals surface area contributed by atoms with E-state index in [0.717, 1.165) is 11.8 Å². The normalized spacial score (nSPS) is 26.5. The Morgan fingerprint density at radius 1 is 1.35 bits per heavy atom. The zero-order valence-electron chi connectivity index (χ0n) is 13.0. The van der Waals surface area contributed by atoms with E-state index >= 15 is 0 Å². The first-order chi connectivity index (χ1) is 10.8. The van der Waals surface area contributed by atoms with Gasteiger partial charge < -0.3 is 15.3 Å². The molecule has 2 heterocycles. The Bertz CT molecular complexity index is 612. The minimum absolute atomic E-state index is 0.0970. The maximum absolute atomic E-state index is 12.8. The standard InChI is InChI=1S/C15H19N3O5/c1-10(19)16-15(9-17-6-4-3-5-7-17)8-12(13(21)22)18(11(2)20)14(15)23/h3-6,12H,7-9H2,1-2H3,(H,16,19)(H,21,22). The number of amides is 3. The molecule has 0 aromatic carbocycles. The second kappa shape index (κ2) is 6.23. The number of carboxylic acids is 1. The van der Waals surface area contributed by atoms with E-state index in [4.69, 9.17) is 0 Å². The van der Waals surface area contributed by atoms with Crippen LogP contribution in [0.1, 0.15) is 20.3 Å². The molecule has 124 valence electrons. The molecular formula is C15H19N3O5. The highest BCUT2D eigenvalue weighted by Crippen LogP contribution is 2.30. The van der Waals surface area contributed by atoms with Gasteiger partial charge in [0, 0.05) is 26.8 Å². The lowest BCUT2D eigenvalue weighted by atomic mass is 9.93. The molecule has 2 aliphatic heterocycles. The van der Waals surface area contributed by atoms with Gasteiger partial charge in [-0.25, -0.2) is 4.79 Å². The minimum atomic E-state index is -1.43. The Balaban J connectivity index is 2.36. The van der Waals surface area contributed by atoms with Crippen molar-refractivity contribution in [3.8, 4) is 0 Å². The number of carboxylic acid groups (broad SMARTS) is 1. The molecule has 0 saturated carbocycles. The van der Waals surface area contributed by atoms with Gasteiger partial charge in [-0.3, -0.25) is 19.3 Å². The summed E-state index contributed by atoms with van der Waals surface area (Å²) in [6, 6.07) is -1.28. The van der Waals surface area contributed by atoms with Crippen molar-refractivity contribution in [1.29, 1.82) is 0 Å². The van der Waals surface area contributed by atoms with Gasteiger partial charge in [-0.05, 0) is 12.3 Å². The van der Waals surface area contributed by atoms with Crippen LogP contribution >= 0.6 is 0 Å². The van der Waals surface area contributed by atoms with E-state index in [0.29, 0.717) is 6.54 Å². The van der Waals surface area contributed by atoms with Gasteiger partial charge in [-0.2, -0.15) is 0 Å². The molecular weight excluding hydrogens is 302 g/mol. The highest BCUT2D eigenvalue weighted by molar-refractivity contribution is 6.07. The molecule has 0 aromatic rings. The first kappa shape index (κ1) is 16.7. The molecule has 8 nitrogen and oxygen atoms in total. The number of nitrogens with one attached hydrogen (secondary N) is 1. The molecule has 0 bridgehead atoms. The van der Waals surface area contributed by atoms with Crippen LogP contribution in [-0.2, 0) is 19.2 Å². The van der Waals surface area contributed by atoms with E-state index in [1.54, 1.807) is 17.2 Å². The maximum atomic E-state index is 12.8. The lowest BCUT2D eigenvalue weighted by Crippen LogP contribution is -2.59. The predicted octanol–water partition coefficient (Wildman–Crippen LogP) is -0.521. The number of likely N-dealkylation sites (tertiary alicyclic amines) is 1. The third kappa shape index (κ3) is 3.25. The molecule has 2 atom stereocenters. The summed E-state index contributed by atoms with van der Waals surface area (Å²) in [5, 5.41) is 11.9. The van der Waals surface area contributed by atoms with Crippen molar-refractivity contribution in [1.82, 2.24) is 15.1 Å². The summed E-state index contributed by atoms with van der Waals surface area (Å²) in [6.45, 7) is 3.02. The molecule has 2 N–H and O–H groups in total. The topological polar surface area (TPSA) is 107 Å². The van der Waals surface area contributed by atoms with Crippen LogP contribution in [-0.4, -0.2) is 63.3 Å². The quantitative estimate of drug-likeness (QED) is 0.721. The lowest BCUT2D eigenvalue weighted by Gasteiger charge is -2.33. The summed E-state index contributed by atoms with van der Waals surface area (Å²) in [5.74, 6) is -3.06. The Morgan fingerprint density at radius 2 is 2.04 bits per heavy atom. The van der Waals surface area contributed by atoms with Crippen molar-refractivity contribution in [3.05, 3.63) is 24.4 Å². The summed E-state index contributed by atoms with van der Waals surface area (Å²) < 4.78 is 0. The van der Waals surface area contributed by atoms with E-state index in [-0.39, 0.29) is 13.0 Å². The van der Waals surface area contributed by atoms with Crippen molar-refractivity contribution < 1.29 is 24.3 Å². The van der Waals surface area contributed by atoms with Crippen LogP contribution in [0.4, 0.5) is 0 Å². The average molecular weight is 321 g/mol. The number of aliphatic carboxylic acids is 1. The van der Waals surface area contributed by atoms with Gasteiger partial charge in [0.15, 0.2) is 0 Å². The third-order valence-electron chi connectivity index (χ3n) is 3.88. The van der Waals surface area contributed by atoms with Gasteiger partial charge >= 0.3 is 5.97 Å². The number of carbonyl (C=O) groups excluding carboxylic acids is 3. The zero-order chi connectivity index (χ0) is 17.2. The molecule has 2 rings (SSSR count). The molecule has 0 aliphatic carbocycles. The molecule has 23 heavy (non-hydrogen) atoms. The van der Waals surface area contributed by atoms with Gasteiger partial charge in [-0.1, -0.05) is 12.2 Å². The first-order valence-electron chi connectivity index (χ1n) is 7.20. The summed E-state index contributed by atoms with van der Waals surface area (Å²) >= 11 is 0. The predicted molar refractivity (Wildman–Crippen MR) is 80.0 cm³/mol. The molecule has 0 radical (unpaired) electrons. The van der Waals surface area contributed by atoms with Crippen molar-refractivity contribution in [2.24, 2.45) is 0 Å². The van der Waals surface area contributed by atoms with Gasteiger partial charge in [0.05, 0.1) is 6.54 Å². The summed E-state index contributed by atoms with van der Waals surface area (Å²) in [6.07, 6.45) is 7.09. The van der Waals surface area contributed by atoms with Crippen molar-refractivity contribution in [2.45, 2.75) is 31.8 Å². The third-order valence-corrected chi connectivity index (χ3v) is 3.88. The van der Waals surface area contributed by atoms with E-state index in [1.807, 2.05) is 12.2 Å². The van der Waals surface area contributed by atoms with Crippen LogP contribution in [0.15, 0.2) is 24.4 Å². The van der Waals surface area contributed by atoms with Crippen LogP contribution in [0.25, 0.3) is 0 Å². The largest absolute Gasteiger partial charge is 0.480 e. The van der Waals surface area contributed by atoms with Gasteiger partial charge in [0.25, 0.3) is 5.91 Å². The number of carbonyl (C=O) groups is 4. The molecule has 8 heteroatoms. The van der Waals surface area contributed by atoms with Crippen molar-refractivity contribution in [2.75, 3.05) is 13.1 Å². The van der Waals surface area contributed by atoms with Gasteiger partial charge in [-0.15, -0.1) is 0 Å². The SMILES string of the molecule is CC(=O)NC1(CN2C=CC=CC2)CC(C(=O)O)N(C(C)=O)C1=O. The molecule has 3 amide bonds. The van der Waals surface area contributed by atoms with Crippen LogP contribution in [0.2, 0.25) is 0 Å². The smallest absolute Gasteiger partial charge is 0.327 e. The number of imide groups is 1. The molecule has 0 aromatic heterocycles. The van der Waals surface area contributed by atoms with E-state index in [1.165, 1.54) is 6.92 Å². The Morgan fingerprint density at radius 3 is 2.48 bits per heavy atom. The highest BCUT2D eigenvalue weighted by Gasteiger charge is 2.56. The number of hydrogen-bond donors (Lipinski definition) is 2. The second-order valence-corrected chi connectivity index (χ2v) is 5.71. The van der Waals surface area contributed by atoms with Crippen LogP contribution in [0, 0.1) is 0 Å². The summed E-state index contributed by atoms with van der Waals surface area (Å²) in [7, 11) is 0. The Kier molecular flexibility index (Phi) is 4.53. The fraction of sp³-hybridized carbons (Fsp3) is 0.467. The average Bonchev–Trinajstić information content (AvgIpc) is 2.73. The van der Waals surface area contributed by atoms with Gasteiger partial charge in [0.1, 0.15) is 11.6 Å². The minimum Gasteiger partial charge on any atom is -0.480 e. The van der Waals surface area contributed by atoms with Crippen molar-refractivity contribution >= 4 is 23.7 Å². The summed E-state index contributed by atoms with van der Waals surface area (Å²) in [5.41, 5.74) is -1.43. The number of nitrogens with zero attached hydrogens (tertiary/aromatic N) is 2. The molecule has 1 fully saturated rings. The number of hydrogen-bond acceptors (Lipinski definition) is 5.